The lowest BCUT2D eigenvalue weighted by Gasteiger charge is -2.32. The Labute approximate surface area is 118 Å². The molecule has 1 aliphatic heterocycles. The Morgan fingerprint density at radius 3 is 2.45 bits per heavy atom. The van der Waals surface area contributed by atoms with E-state index in [0.29, 0.717) is 22.7 Å². The minimum absolute atomic E-state index is 0.0241. The van der Waals surface area contributed by atoms with Crippen LogP contribution in [0.2, 0.25) is 0 Å². The Morgan fingerprint density at radius 1 is 1.10 bits per heavy atom. The number of carbonyl (C=O) groups excluding carboxylic acids is 2. The zero-order valence-corrected chi connectivity index (χ0v) is 11.8. The molecule has 1 fully saturated rings. The van der Waals surface area contributed by atoms with Crippen LogP contribution in [0.3, 0.4) is 0 Å². The van der Waals surface area contributed by atoms with Gasteiger partial charge < -0.3 is 5.73 Å². The lowest BCUT2D eigenvalue weighted by Crippen LogP contribution is -2.43. The maximum Gasteiger partial charge on any atom is 0.261 e. The molecule has 4 nitrogen and oxygen atoms in total. The Hall–Kier alpha value is -1.84. The van der Waals surface area contributed by atoms with Crippen LogP contribution in [0.1, 0.15) is 59.7 Å². The molecule has 0 bridgehead atoms. The highest BCUT2D eigenvalue weighted by atomic mass is 16.2. The number of hydrogen-bond donors (Lipinski definition) is 1. The molecule has 1 aliphatic carbocycles. The van der Waals surface area contributed by atoms with Crippen LogP contribution in [-0.2, 0) is 0 Å². The molecule has 0 radical (unpaired) electrons. The molecule has 4 heteroatoms. The second-order valence-electron chi connectivity index (χ2n) is 5.92. The van der Waals surface area contributed by atoms with Gasteiger partial charge in [0.05, 0.1) is 11.1 Å². The number of rotatable bonds is 2. The Bertz CT molecular complexity index is 562. The second kappa shape index (κ2) is 4.93. The van der Waals surface area contributed by atoms with Crippen LogP contribution in [0, 0.1) is 5.92 Å². The van der Waals surface area contributed by atoms with Crippen molar-refractivity contribution in [1.29, 1.82) is 0 Å². The number of nitrogens with zero attached hydrogens (tertiary/aromatic N) is 1. The third-order valence-corrected chi connectivity index (χ3v) is 4.68. The smallest absolute Gasteiger partial charge is 0.261 e. The summed E-state index contributed by atoms with van der Waals surface area (Å²) in [7, 11) is 0. The number of benzene rings is 1. The summed E-state index contributed by atoms with van der Waals surface area (Å²) < 4.78 is 0. The summed E-state index contributed by atoms with van der Waals surface area (Å²) in [6, 6.07) is 4.93. The van der Waals surface area contributed by atoms with E-state index >= 15 is 0 Å². The molecular formula is C16H20N2O2. The molecule has 1 aromatic rings. The van der Waals surface area contributed by atoms with Gasteiger partial charge in [0.15, 0.2) is 0 Å². The highest BCUT2D eigenvalue weighted by molar-refractivity contribution is 6.21. The van der Waals surface area contributed by atoms with Gasteiger partial charge >= 0.3 is 0 Å². The summed E-state index contributed by atoms with van der Waals surface area (Å²) in [6.07, 6.45) is 5.88. The van der Waals surface area contributed by atoms with Crippen LogP contribution in [0.15, 0.2) is 18.2 Å². The van der Waals surface area contributed by atoms with Gasteiger partial charge in [0.25, 0.3) is 11.8 Å². The van der Waals surface area contributed by atoms with E-state index in [9.17, 15) is 9.59 Å². The van der Waals surface area contributed by atoms with Crippen LogP contribution in [-0.4, -0.2) is 22.8 Å². The Balaban J connectivity index is 1.89. The van der Waals surface area contributed by atoms with Crippen LogP contribution < -0.4 is 5.73 Å². The first-order chi connectivity index (χ1) is 9.59. The van der Waals surface area contributed by atoms with Crippen molar-refractivity contribution in [2.75, 3.05) is 5.73 Å². The first-order valence-corrected chi connectivity index (χ1v) is 7.37. The monoisotopic (exact) mass is 272 g/mol. The maximum atomic E-state index is 12.5. The lowest BCUT2D eigenvalue weighted by molar-refractivity contribution is 0.0520. The number of imide groups is 1. The molecule has 3 rings (SSSR count). The van der Waals surface area contributed by atoms with Gasteiger partial charge in [0.2, 0.25) is 0 Å². The van der Waals surface area contributed by atoms with E-state index < -0.39 is 0 Å². The van der Waals surface area contributed by atoms with Crippen LogP contribution in [0.5, 0.6) is 0 Å². The fraction of sp³-hybridized carbons (Fsp3) is 0.500. The highest BCUT2D eigenvalue weighted by Gasteiger charge is 2.40. The Morgan fingerprint density at radius 2 is 1.75 bits per heavy atom. The largest absolute Gasteiger partial charge is 0.399 e. The van der Waals surface area contributed by atoms with Crippen LogP contribution >= 0.6 is 0 Å². The van der Waals surface area contributed by atoms with Crippen molar-refractivity contribution in [1.82, 2.24) is 4.90 Å². The van der Waals surface area contributed by atoms with Crippen LogP contribution in [0.4, 0.5) is 5.69 Å². The summed E-state index contributed by atoms with van der Waals surface area (Å²) in [6.45, 7) is 2.00. The third kappa shape index (κ3) is 1.99. The molecule has 2 aliphatic rings. The van der Waals surface area contributed by atoms with Gasteiger partial charge in [0, 0.05) is 11.7 Å². The predicted molar refractivity (Wildman–Crippen MR) is 77.4 cm³/mol. The number of nitrogens with two attached hydrogens (primary N) is 1. The predicted octanol–water partition coefficient (Wildman–Crippen LogP) is 2.83. The fourth-order valence-electron chi connectivity index (χ4n) is 3.47. The number of amides is 2. The summed E-state index contributed by atoms with van der Waals surface area (Å²) in [5.41, 5.74) is 7.19. The van der Waals surface area contributed by atoms with Crippen molar-refractivity contribution in [3.63, 3.8) is 0 Å². The molecule has 2 amide bonds. The molecular weight excluding hydrogens is 252 g/mol. The Kier molecular flexibility index (Phi) is 3.24. The van der Waals surface area contributed by atoms with Crippen molar-refractivity contribution in [3.05, 3.63) is 29.3 Å². The molecule has 106 valence electrons. The van der Waals surface area contributed by atoms with Crippen LogP contribution in [0.25, 0.3) is 0 Å². The van der Waals surface area contributed by atoms with Gasteiger partial charge in [-0.05, 0) is 43.9 Å². The van der Waals surface area contributed by atoms with Gasteiger partial charge in [-0.15, -0.1) is 0 Å². The van der Waals surface area contributed by atoms with Crippen molar-refractivity contribution in [2.24, 2.45) is 5.92 Å². The molecule has 0 saturated heterocycles. The molecule has 1 aromatic carbocycles. The molecule has 1 saturated carbocycles. The van der Waals surface area contributed by atoms with E-state index in [0.717, 1.165) is 12.8 Å². The lowest BCUT2D eigenvalue weighted by atomic mass is 9.84. The van der Waals surface area contributed by atoms with Gasteiger partial charge in [-0.25, -0.2) is 0 Å². The number of anilines is 1. The van der Waals surface area contributed by atoms with E-state index in [1.54, 1.807) is 18.2 Å². The number of nitrogen functional groups attached to an aromatic ring is 1. The van der Waals surface area contributed by atoms with E-state index in [1.807, 2.05) is 6.92 Å². The van der Waals surface area contributed by atoms with Crippen molar-refractivity contribution in [3.8, 4) is 0 Å². The normalized spacial score (nSPS) is 21.1. The molecule has 1 heterocycles. The minimum Gasteiger partial charge on any atom is -0.399 e. The molecule has 0 aromatic heterocycles. The second-order valence-corrected chi connectivity index (χ2v) is 5.92. The van der Waals surface area contributed by atoms with Gasteiger partial charge in [-0.3, -0.25) is 14.5 Å². The van der Waals surface area contributed by atoms with Crippen molar-refractivity contribution < 1.29 is 9.59 Å². The molecule has 1 unspecified atom stereocenters. The van der Waals surface area contributed by atoms with Gasteiger partial charge in [-0.1, -0.05) is 19.3 Å². The van der Waals surface area contributed by atoms with Gasteiger partial charge in [0.1, 0.15) is 0 Å². The number of carbonyl (C=O) groups is 2. The average molecular weight is 272 g/mol. The molecule has 1 atom stereocenters. The van der Waals surface area contributed by atoms with Crippen molar-refractivity contribution >= 4 is 17.5 Å². The van der Waals surface area contributed by atoms with E-state index in [4.69, 9.17) is 5.73 Å². The zero-order valence-electron chi connectivity index (χ0n) is 11.8. The standard InChI is InChI=1S/C16H20N2O2/c1-10(11-5-3-2-4-6-11)18-15(19)13-8-7-12(17)9-14(13)16(18)20/h7-11H,2-6,17H2,1H3. The van der Waals surface area contributed by atoms with E-state index in [1.165, 1.54) is 24.2 Å². The SMILES string of the molecule is CC(C1CCCCC1)N1C(=O)c2ccc(N)cc2C1=O. The van der Waals surface area contributed by atoms with E-state index in [-0.39, 0.29) is 17.9 Å². The summed E-state index contributed by atoms with van der Waals surface area (Å²) in [4.78, 5) is 26.4. The van der Waals surface area contributed by atoms with Gasteiger partial charge in [-0.2, -0.15) is 0 Å². The van der Waals surface area contributed by atoms with Crippen molar-refractivity contribution in [2.45, 2.75) is 45.1 Å². The highest BCUT2D eigenvalue weighted by Crippen LogP contribution is 2.33. The maximum absolute atomic E-state index is 12.5. The first kappa shape index (κ1) is 13.2. The fourth-order valence-corrected chi connectivity index (χ4v) is 3.47. The first-order valence-electron chi connectivity index (χ1n) is 7.37. The number of hydrogen-bond acceptors (Lipinski definition) is 3. The topological polar surface area (TPSA) is 63.4 Å². The molecule has 0 spiro atoms. The number of fused-ring (bicyclic) bond motifs is 1. The van der Waals surface area contributed by atoms with E-state index in [2.05, 4.69) is 0 Å². The molecule has 2 N–H and O–H groups in total. The zero-order chi connectivity index (χ0) is 14.3. The molecule has 20 heavy (non-hydrogen) atoms. The summed E-state index contributed by atoms with van der Waals surface area (Å²) >= 11 is 0. The average Bonchev–Trinajstić information content (AvgIpc) is 2.71. The summed E-state index contributed by atoms with van der Waals surface area (Å²) in [5.74, 6) is 0.0850. The quantitative estimate of drug-likeness (QED) is 0.665. The third-order valence-electron chi connectivity index (χ3n) is 4.68. The minimum atomic E-state index is -0.185. The summed E-state index contributed by atoms with van der Waals surface area (Å²) in [5, 5.41) is 0.